The van der Waals surface area contributed by atoms with Gasteiger partial charge in [-0.05, 0) is 37.2 Å². The lowest BCUT2D eigenvalue weighted by Crippen LogP contribution is -2.44. The quantitative estimate of drug-likeness (QED) is 0.231. The van der Waals surface area contributed by atoms with E-state index in [2.05, 4.69) is 10.6 Å². The van der Waals surface area contributed by atoms with Crippen LogP contribution in [0.15, 0.2) is 42.5 Å². The van der Waals surface area contributed by atoms with Crippen LogP contribution in [0, 0.1) is 17.8 Å². The number of cyclic esters (lactones) is 1. The monoisotopic (exact) mass is 528 g/mol. The van der Waals surface area contributed by atoms with E-state index >= 15 is 0 Å². The molecule has 1 heterocycles. The number of allylic oxidation sites excluding steroid dienone is 2. The van der Waals surface area contributed by atoms with Crippen LogP contribution in [0.2, 0.25) is 0 Å². The van der Waals surface area contributed by atoms with Crippen molar-refractivity contribution in [1.82, 2.24) is 10.6 Å². The lowest BCUT2D eigenvalue weighted by Gasteiger charge is -2.29. The van der Waals surface area contributed by atoms with E-state index in [-0.39, 0.29) is 56.0 Å². The molecule has 3 rings (SSSR count). The Morgan fingerprint density at radius 1 is 1.03 bits per heavy atom. The van der Waals surface area contributed by atoms with E-state index in [1.807, 2.05) is 42.5 Å². The normalized spacial score (nSPS) is 23.6. The minimum atomic E-state index is -0.513. The van der Waals surface area contributed by atoms with Gasteiger partial charge in [-0.3, -0.25) is 14.4 Å². The highest BCUT2D eigenvalue weighted by Gasteiger charge is 2.28. The maximum absolute atomic E-state index is 13.3. The van der Waals surface area contributed by atoms with Gasteiger partial charge in [-0.2, -0.15) is 0 Å². The molecule has 2 aliphatic rings. The van der Waals surface area contributed by atoms with Gasteiger partial charge in [-0.15, -0.1) is 0 Å². The average Bonchev–Trinajstić information content (AvgIpc) is 2.93. The summed E-state index contributed by atoms with van der Waals surface area (Å²) in [6.07, 6.45) is 12.1. The van der Waals surface area contributed by atoms with Crippen LogP contribution < -0.4 is 10.6 Å². The van der Waals surface area contributed by atoms with Gasteiger partial charge in [0.1, 0.15) is 6.61 Å². The van der Waals surface area contributed by atoms with E-state index in [9.17, 15) is 14.4 Å². The number of rotatable bonds is 11. The van der Waals surface area contributed by atoms with Gasteiger partial charge in [-0.25, -0.2) is 0 Å². The van der Waals surface area contributed by atoms with Crippen molar-refractivity contribution in [1.29, 1.82) is 0 Å². The minimum Gasteiger partial charge on any atom is -0.463 e. The van der Waals surface area contributed by atoms with Crippen molar-refractivity contribution < 1.29 is 29.0 Å². The number of aliphatic hydroxyl groups is 1. The Morgan fingerprint density at radius 2 is 1.76 bits per heavy atom. The maximum atomic E-state index is 13.3. The third-order valence-corrected chi connectivity index (χ3v) is 7.39. The van der Waals surface area contributed by atoms with Crippen molar-refractivity contribution in [2.75, 3.05) is 33.0 Å². The summed E-state index contributed by atoms with van der Waals surface area (Å²) >= 11 is 0. The fourth-order valence-corrected chi connectivity index (χ4v) is 5.30. The predicted molar refractivity (Wildman–Crippen MR) is 145 cm³/mol. The third-order valence-electron chi connectivity index (χ3n) is 7.39. The van der Waals surface area contributed by atoms with Gasteiger partial charge in [-0.1, -0.05) is 74.6 Å². The van der Waals surface area contributed by atoms with Crippen molar-refractivity contribution in [3.63, 3.8) is 0 Å². The molecule has 3 N–H and O–H groups in total. The molecule has 0 bridgehead atoms. The van der Waals surface area contributed by atoms with Gasteiger partial charge in [0.2, 0.25) is 11.8 Å². The second kappa shape index (κ2) is 17.0. The van der Waals surface area contributed by atoms with Crippen LogP contribution >= 0.6 is 0 Å². The highest BCUT2D eigenvalue weighted by Crippen LogP contribution is 2.28. The second-order valence-electron chi connectivity index (χ2n) is 10.5. The number of esters is 1. The summed E-state index contributed by atoms with van der Waals surface area (Å²) in [5, 5.41) is 14.7. The summed E-state index contributed by atoms with van der Waals surface area (Å²) in [6.45, 7) is 0.943. The average molecular weight is 529 g/mol. The Bertz CT molecular complexity index is 884. The zero-order chi connectivity index (χ0) is 27.0. The fraction of sp³-hybridized carbons (Fsp3) is 0.633. The Balaban J connectivity index is 1.68. The lowest BCUT2D eigenvalue weighted by molar-refractivity contribution is -0.150. The number of carbonyl (C=O) groups is 3. The summed E-state index contributed by atoms with van der Waals surface area (Å²) in [5.41, 5.74) is 1.08. The second-order valence-corrected chi connectivity index (χ2v) is 10.5. The molecule has 0 radical (unpaired) electrons. The van der Waals surface area contributed by atoms with Crippen molar-refractivity contribution in [2.45, 2.75) is 70.3 Å². The van der Waals surface area contributed by atoms with Crippen LogP contribution in [0.3, 0.4) is 0 Å². The van der Waals surface area contributed by atoms with E-state index in [1.54, 1.807) is 0 Å². The molecule has 8 heteroatoms. The molecule has 1 aromatic rings. The molecule has 2 amide bonds. The number of hydrogen-bond acceptors (Lipinski definition) is 6. The first kappa shape index (κ1) is 29.8. The molecular formula is C30H44N2O6. The van der Waals surface area contributed by atoms with Crippen LogP contribution in [0.1, 0.15) is 63.4 Å². The molecule has 8 nitrogen and oxygen atoms in total. The van der Waals surface area contributed by atoms with E-state index in [4.69, 9.17) is 14.6 Å². The predicted octanol–water partition coefficient (Wildman–Crippen LogP) is 3.33. The van der Waals surface area contributed by atoms with Gasteiger partial charge < -0.3 is 25.2 Å². The number of benzene rings is 1. The van der Waals surface area contributed by atoms with Gasteiger partial charge in [0.25, 0.3) is 0 Å². The van der Waals surface area contributed by atoms with E-state index in [0.29, 0.717) is 38.3 Å². The Kier molecular flexibility index (Phi) is 13.3. The molecule has 1 fully saturated rings. The van der Waals surface area contributed by atoms with Crippen molar-refractivity contribution >= 4 is 17.8 Å². The van der Waals surface area contributed by atoms with E-state index in [0.717, 1.165) is 24.8 Å². The molecule has 1 aliphatic heterocycles. The van der Waals surface area contributed by atoms with Crippen LogP contribution in [-0.2, 0) is 30.3 Å². The number of nitrogens with one attached hydrogen (secondary N) is 2. The van der Waals surface area contributed by atoms with Crippen molar-refractivity contribution in [2.24, 2.45) is 17.8 Å². The Hall–Kier alpha value is -2.71. The zero-order valence-corrected chi connectivity index (χ0v) is 22.4. The standard InChI is InChI=1S/C30H44N2O6/c33-16-18-37-17-15-31-28(34)21-25-13-7-8-14-26(19-23-9-3-1-4-10-23)30(36)38-22-27(32-29(25)35)20-24-11-5-2-6-12-24/h1,3-4,7-10,24-27,33H,2,5-6,11-22H2,(H,31,34)(H,32,35). The van der Waals surface area contributed by atoms with E-state index < -0.39 is 5.92 Å². The van der Waals surface area contributed by atoms with E-state index in [1.165, 1.54) is 19.3 Å². The smallest absolute Gasteiger partial charge is 0.309 e. The molecule has 1 saturated carbocycles. The first-order valence-electron chi connectivity index (χ1n) is 14.2. The Labute approximate surface area is 226 Å². The van der Waals surface area contributed by atoms with Crippen molar-refractivity contribution in [3.05, 3.63) is 48.0 Å². The van der Waals surface area contributed by atoms with Gasteiger partial charge in [0, 0.05) is 13.0 Å². The van der Waals surface area contributed by atoms with Crippen molar-refractivity contribution in [3.8, 4) is 0 Å². The number of aliphatic hydroxyl groups excluding tert-OH is 1. The third kappa shape index (κ3) is 11.0. The van der Waals surface area contributed by atoms with Gasteiger partial charge >= 0.3 is 5.97 Å². The summed E-state index contributed by atoms with van der Waals surface area (Å²) in [6, 6.07) is 9.66. The maximum Gasteiger partial charge on any atom is 0.309 e. The fourth-order valence-electron chi connectivity index (χ4n) is 5.30. The first-order valence-corrected chi connectivity index (χ1v) is 14.2. The molecule has 3 unspecified atom stereocenters. The molecule has 1 aliphatic carbocycles. The number of amides is 2. The Morgan fingerprint density at radius 3 is 2.50 bits per heavy atom. The lowest BCUT2D eigenvalue weighted by atomic mass is 9.84. The highest BCUT2D eigenvalue weighted by atomic mass is 16.5. The van der Waals surface area contributed by atoms with Crippen LogP contribution in [0.4, 0.5) is 0 Å². The SMILES string of the molecule is O=C(CC1CC=CCC(Cc2ccccc2)C(=O)OCC(CC2CCCCC2)NC1=O)NCCOCCO. The molecule has 0 saturated heterocycles. The summed E-state index contributed by atoms with van der Waals surface area (Å²) in [4.78, 5) is 39.0. The minimum absolute atomic E-state index is 0.0634. The molecule has 0 aromatic heterocycles. The highest BCUT2D eigenvalue weighted by molar-refractivity contribution is 5.86. The summed E-state index contributed by atoms with van der Waals surface area (Å²) in [7, 11) is 0. The molecule has 3 atom stereocenters. The molecule has 38 heavy (non-hydrogen) atoms. The first-order chi connectivity index (χ1) is 18.5. The number of carbonyl (C=O) groups excluding carboxylic acids is 3. The molecular weight excluding hydrogens is 484 g/mol. The largest absolute Gasteiger partial charge is 0.463 e. The number of hydrogen-bond donors (Lipinski definition) is 3. The molecule has 0 spiro atoms. The van der Waals surface area contributed by atoms with Gasteiger partial charge in [0.05, 0.1) is 37.7 Å². The van der Waals surface area contributed by atoms with Crippen LogP contribution in [-0.4, -0.2) is 61.9 Å². The molecule has 210 valence electrons. The topological polar surface area (TPSA) is 114 Å². The summed E-state index contributed by atoms with van der Waals surface area (Å²) in [5.74, 6) is -0.946. The van der Waals surface area contributed by atoms with Crippen LogP contribution in [0.5, 0.6) is 0 Å². The molecule has 1 aromatic carbocycles. The summed E-state index contributed by atoms with van der Waals surface area (Å²) < 4.78 is 11.0. The van der Waals surface area contributed by atoms with Crippen LogP contribution in [0.25, 0.3) is 0 Å². The zero-order valence-electron chi connectivity index (χ0n) is 22.4. The number of ether oxygens (including phenoxy) is 2. The van der Waals surface area contributed by atoms with Gasteiger partial charge in [0.15, 0.2) is 0 Å².